The lowest BCUT2D eigenvalue weighted by atomic mass is 10.1. The number of rotatable bonds is 7. The lowest BCUT2D eigenvalue weighted by Crippen LogP contribution is -2.20. The van der Waals surface area contributed by atoms with Crippen LogP contribution in [0.5, 0.6) is 0 Å². The molecule has 0 fully saturated rings. The topological polar surface area (TPSA) is 99.5 Å². The van der Waals surface area contributed by atoms with Gasteiger partial charge in [-0.2, -0.15) is 5.10 Å². The van der Waals surface area contributed by atoms with Gasteiger partial charge in [0.1, 0.15) is 16.4 Å². The summed E-state index contributed by atoms with van der Waals surface area (Å²) < 4.78 is 11.3. The number of ether oxygens (including phenoxy) is 2. The third-order valence-corrected chi connectivity index (χ3v) is 5.16. The van der Waals surface area contributed by atoms with Crippen molar-refractivity contribution < 1.29 is 23.9 Å². The van der Waals surface area contributed by atoms with Gasteiger partial charge in [-0.15, -0.1) is 11.3 Å². The number of nitrogens with one attached hydrogen (secondary N) is 1. The Kier molecular flexibility index (Phi) is 6.98. The van der Waals surface area contributed by atoms with Crippen LogP contribution in [0.4, 0.5) is 5.00 Å². The number of thiophene rings is 1. The Morgan fingerprint density at radius 2 is 2.00 bits per heavy atom. The van der Waals surface area contributed by atoms with Crippen molar-refractivity contribution in [2.24, 2.45) is 0 Å². The summed E-state index contributed by atoms with van der Waals surface area (Å²) in [6.45, 7) is 5.34. The molecule has 2 rings (SSSR count). The summed E-state index contributed by atoms with van der Waals surface area (Å²) in [5.41, 5.74) is 1.16. The molecule has 0 saturated carbocycles. The second kappa shape index (κ2) is 9.01. The third kappa shape index (κ3) is 4.86. The smallest absolute Gasteiger partial charge is 0.348 e. The molecule has 2 aromatic heterocycles. The maximum atomic E-state index is 12.4. The highest BCUT2D eigenvalue weighted by Crippen LogP contribution is 2.34. The van der Waals surface area contributed by atoms with Crippen LogP contribution in [0.25, 0.3) is 0 Å². The fraction of sp³-hybridized carbons (Fsp3) is 0.412. The highest BCUT2D eigenvalue weighted by Gasteiger charge is 2.27. The number of aromatic nitrogens is 2. The number of halogens is 1. The van der Waals surface area contributed by atoms with Crippen LogP contribution < -0.4 is 5.32 Å². The molecule has 0 atom stereocenters. The van der Waals surface area contributed by atoms with Gasteiger partial charge in [0, 0.05) is 6.20 Å². The number of nitrogens with zero attached hydrogens (tertiary/aromatic N) is 2. The molecule has 0 aliphatic carbocycles. The third-order valence-electron chi connectivity index (χ3n) is 3.60. The Bertz CT molecular complexity index is 855. The summed E-state index contributed by atoms with van der Waals surface area (Å²) >= 11 is 6.90. The molecule has 146 valence electrons. The summed E-state index contributed by atoms with van der Waals surface area (Å²) in [5.74, 6) is -1.61. The van der Waals surface area contributed by atoms with Crippen LogP contribution in [-0.4, -0.2) is 41.3 Å². The molecule has 0 spiro atoms. The fourth-order valence-electron chi connectivity index (χ4n) is 2.29. The van der Waals surface area contributed by atoms with E-state index in [9.17, 15) is 14.4 Å². The Labute approximate surface area is 165 Å². The number of amides is 1. The predicted molar refractivity (Wildman–Crippen MR) is 102 cm³/mol. The van der Waals surface area contributed by atoms with E-state index in [0.717, 1.165) is 11.3 Å². The first kappa shape index (κ1) is 20.9. The molecule has 0 aliphatic heterocycles. The van der Waals surface area contributed by atoms with E-state index in [4.69, 9.17) is 21.1 Å². The zero-order chi connectivity index (χ0) is 20.1. The molecule has 0 radical (unpaired) electrons. The van der Waals surface area contributed by atoms with Crippen molar-refractivity contribution in [1.29, 1.82) is 0 Å². The molecule has 10 heteroatoms. The van der Waals surface area contributed by atoms with Gasteiger partial charge in [-0.25, -0.2) is 9.59 Å². The van der Waals surface area contributed by atoms with Gasteiger partial charge >= 0.3 is 11.9 Å². The molecular weight excluding hydrogens is 394 g/mol. The largest absolute Gasteiger partial charge is 0.465 e. The van der Waals surface area contributed by atoms with Gasteiger partial charge in [0.05, 0.1) is 30.0 Å². The second-order valence-corrected chi connectivity index (χ2v) is 7.12. The number of esters is 2. The minimum atomic E-state index is -0.603. The summed E-state index contributed by atoms with van der Waals surface area (Å²) in [5, 5.41) is 7.45. The summed E-state index contributed by atoms with van der Waals surface area (Å²) in [7, 11) is 1.25. The maximum Gasteiger partial charge on any atom is 0.348 e. The Morgan fingerprint density at radius 3 is 2.56 bits per heavy atom. The number of aryl methyl sites for hydroxylation is 1. The highest BCUT2D eigenvalue weighted by molar-refractivity contribution is 7.18. The zero-order valence-corrected chi connectivity index (χ0v) is 17.0. The van der Waals surface area contributed by atoms with Gasteiger partial charge in [-0.05, 0) is 25.8 Å². The van der Waals surface area contributed by atoms with Crippen molar-refractivity contribution in [1.82, 2.24) is 9.78 Å². The standard InChI is InChI=1S/C17H20ClN3O5S/c1-5-6-26-16(23)13-9(2)14(17(24)25-4)27-15(13)19-12(22)8-21-7-11(18)10(3)20-21/h7H,5-6,8H2,1-4H3,(H,19,22). The van der Waals surface area contributed by atoms with Crippen LogP contribution in [-0.2, 0) is 20.8 Å². The Hall–Kier alpha value is -2.39. The van der Waals surface area contributed by atoms with E-state index in [1.807, 2.05) is 6.92 Å². The van der Waals surface area contributed by atoms with Crippen molar-refractivity contribution in [3.05, 3.63) is 32.9 Å². The summed E-state index contributed by atoms with van der Waals surface area (Å²) in [6.07, 6.45) is 2.19. The van der Waals surface area contributed by atoms with Crippen LogP contribution in [0.2, 0.25) is 5.02 Å². The normalized spacial score (nSPS) is 10.6. The molecular formula is C17H20ClN3O5S. The van der Waals surface area contributed by atoms with Crippen LogP contribution in [0.1, 0.15) is 44.6 Å². The molecule has 1 amide bonds. The average molecular weight is 414 g/mol. The second-order valence-electron chi connectivity index (χ2n) is 5.70. The van der Waals surface area contributed by atoms with Crippen molar-refractivity contribution in [3.8, 4) is 0 Å². The molecule has 0 saturated heterocycles. The molecule has 0 unspecified atom stereocenters. The van der Waals surface area contributed by atoms with Crippen LogP contribution in [0, 0.1) is 13.8 Å². The fourth-order valence-corrected chi connectivity index (χ4v) is 3.57. The molecule has 27 heavy (non-hydrogen) atoms. The Balaban J connectivity index is 2.28. The molecule has 2 aromatic rings. The van der Waals surface area contributed by atoms with E-state index in [1.54, 1.807) is 13.8 Å². The number of hydrogen-bond acceptors (Lipinski definition) is 7. The van der Waals surface area contributed by atoms with E-state index >= 15 is 0 Å². The van der Waals surface area contributed by atoms with Crippen molar-refractivity contribution >= 4 is 45.8 Å². The SMILES string of the molecule is CCCOC(=O)c1c(NC(=O)Cn2cc(Cl)c(C)n2)sc(C(=O)OC)c1C. The monoisotopic (exact) mass is 413 g/mol. The van der Waals surface area contributed by atoms with E-state index in [-0.39, 0.29) is 28.6 Å². The minimum Gasteiger partial charge on any atom is -0.465 e. The summed E-state index contributed by atoms with van der Waals surface area (Å²) in [6, 6.07) is 0. The van der Waals surface area contributed by atoms with Crippen LogP contribution in [0.3, 0.4) is 0 Å². The first-order valence-corrected chi connectivity index (χ1v) is 9.36. The van der Waals surface area contributed by atoms with Gasteiger partial charge in [0.25, 0.3) is 0 Å². The lowest BCUT2D eigenvalue weighted by Gasteiger charge is -2.08. The van der Waals surface area contributed by atoms with Gasteiger partial charge < -0.3 is 14.8 Å². The predicted octanol–water partition coefficient (Wildman–Crippen LogP) is 3.21. The molecule has 0 aliphatic rings. The molecule has 1 N–H and O–H groups in total. The summed E-state index contributed by atoms with van der Waals surface area (Å²) in [4.78, 5) is 37.0. The quantitative estimate of drug-likeness (QED) is 0.699. The first-order valence-electron chi connectivity index (χ1n) is 8.16. The minimum absolute atomic E-state index is 0.0957. The average Bonchev–Trinajstić information content (AvgIpc) is 3.10. The van der Waals surface area contributed by atoms with Gasteiger partial charge in [0.2, 0.25) is 5.91 Å². The van der Waals surface area contributed by atoms with Crippen molar-refractivity contribution in [2.45, 2.75) is 33.7 Å². The van der Waals surface area contributed by atoms with Gasteiger partial charge in [-0.3, -0.25) is 9.48 Å². The van der Waals surface area contributed by atoms with Crippen molar-refractivity contribution in [2.75, 3.05) is 19.0 Å². The number of carbonyl (C=O) groups excluding carboxylic acids is 3. The molecule has 0 aromatic carbocycles. The van der Waals surface area contributed by atoms with Gasteiger partial charge in [-0.1, -0.05) is 18.5 Å². The number of methoxy groups -OCH3 is 1. The number of hydrogen-bond donors (Lipinski definition) is 1. The first-order chi connectivity index (χ1) is 12.8. The Morgan fingerprint density at radius 1 is 1.30 bits per heavy atom. The molecule has 8 nitrogen and oxygen atoms in total. The van der Waals surface area contributed by atoms with Crippen LogP contribution in [0.15, 0.2) is 6.20 Å². The number of carbonyl (C=O) groups is 3. The van der Waals surface area contributed by atoms with Crippen molar-refractivity contribution in [3.63, 3.8) is 0 Å². The maximum absolute atomic E-state index is 12.4. The molecule has 0 bridgehead atoms. The lowest BCUT2D eigenvalue weighted by molar-refractivity contribution is -0.116. The number of anilines is 1. The zero-order valence-electron chi connectivity index (χ0n) is 15.4. The van der Waals surface area contributed by atoms with E-state index < -0.39 is 17.8 Å². The van der Waals surface area contributed by atoms with Crippen LogP contribution >= 0.6 is 22.9 Å². The van der Waals surface area contributed by atoms with E-state index in [2.05, 4.69) is 10.4 Å². The highest BCUT2D eigenvalue weighted by atomic mass is 35.5. The van der Waals surface area contributed by atoms with E-state index in [0.29, 0.717) is 22.7 Å². The van der Waals surface area contributed by atoms with E-state index in [1.165, 1.54) is 18.0 Å². The molecule has 2 heterocycles. The van der Waals surface area contributed by atoms with Gasteiger partial charge in [0.15, 0.2) is 0 Å².